The number of carbonyl (C=O) groups is 2. The van der Waals surface area contributed by atoms with Crippen molar-refractivity contribution in [2.45, 2.75) is 19.4 Å². The molecule has 8 nitrogen and oxygen atoms in total. The van der Waals surface area contributed by atoms with Crippen LogP contribution in [0, 0.1) is 0 Å². The summed E-state index contributed by atoms with van der Waals surface area (Å²) in [5, 5.41) is 11.3. The molecule has 0 aliphatic rings. The van der Waals surface area contributed by atoms with E-state index >= 15 is 0 Å². The van der Waals surface area contributed by atoms with Crippen LogP contribution in [0.25, 0.3) is 0 Å². The van der Waals surface area contributed by atoms with E-state index in [0.717, 1.165) is 0 Å². The summed E-state index contributed by atoms with van der Waals surface area (Å²) in [5.74, 6) is -1.88. The number of methoxy groups -OCH3 is 1. The Labute approximate surface area is 134 Å². The van der Waals surface area contributed by atoms with Gasteiger partial charge in [0.15, 0.2) is 6.04 Å². The van der Waals surface area contributed by atoms with Crippen molar-refractivity contribution in [1.29, 1.82) is 0 Å². The zero-order chi connectivity index (χ0) is 17.5. The molecule has 1 aromatic carbocycles. The summed E-state index contributed by atoms with van der Waals surface area (Å²) in [7, 11) is -2.14. The summed E-state index contributed by atoms with van der Waals surface area (Å²) in [5.41, 5.74) is 0.383. The Bertz CT molecular complexity index is 659. The highest BCUT2D eigenvalue weighted by Gasteiger charge is 2.20. The molecule has 128 valence electrons. The molecule has 0 heterocycles. The van der Waals surface area contributed by atoms with Gasteiger partial charge in [0.25, 0.3) is 5.91 Å². The van der Waals surface area contributed by atoms with Crippen LogP contribution in [0.3, 0.4) is 0 Å². The van der Waals surface area contributed by atoms with Gasteiger partial charge < -0.3 is 15.2 Å². The van der Waals surface area contributed by atoms with E-state index in [9.17, 15) is 18.0 Å². The van der Waals surface area contributed by atoms with Crippen LogP contribution >= 0.6 is 0 Å². The maximum atomic E-state index is 12.1. The molecule has 0 spiro atoms. The molecule has 1 amide bonds. The molecule has 0 saturated carbocycles. The van der Waals surface area contributed by atoms with Crippen LogP contribution in [0.2, 0.25) is 0 Å². The minimum Gasteiger partial charge on any atom is -0.480 e. The average molecular weight is 344 g/mol. The van der Waals surface area contributed by atoms with E-state index in [2.05, 4.69) is 10.0 Å². The molecule has 0 radical (unpaired) electrons. The van der Waals surface area contributed by atoms with E-state index in [-0.39, 0.29) is 23.6 Å². The number of ether oxygens (including phenoxy) is 1. The number of hydrogen-bond acceptors (Lipinski definition) is 5. The second-order valence-corrected chi connectivity index (χ2v) is 6.66. The molecule has 0 fully saturated rings. The lowest BCUT2D eigenvalue weighted by molar-refractivity contribution is -0.140. The van der Waals surface area contributed by atoms with Crippen LogP contribution in [0.4, 0.5) is 5.69 Å². The van der Waals surface area contributed by atoms with Crippen molar-refractivity contribution in [2.75, 3.05) is 24.2 Å². The van der Waals surface area contributed by atoms with E-state index in [0.29, 0.717) is 6.42 Å². The van der Waals surface area contributed by atoms with Crippen LogP contribution < -0.4 is 10.0 Å². The van der Waals surface area contributed by atoms with E-state index in [1.165, 1.54) is 31.4 Å². The van der Waals surface area contributed by atoms with Gasteiger partial charge in [0, 0.05) is 18.4 Å². The Morgan fingerprint density at radius 3 is 2.61 bits per heavy atom. The molecule has 0 aromatic heterocycles. The molecule has 1 atom stereocenters. The average Bonchev–Trinajstić information content (AvgIpc) is 2.46. The first-order valence-corrected chi connectivity index (χ1v) is 8.57. The van der Waals surface area contributed by atoms with Crippen LogP contribution in [-0.2, 0) is 19.6 Å². The number of amides is 1. The Kier molecular flexibility index (Phi) is 6.98. The topological polar surface area (TPSA) is 122 Å². The lowest BCUT2D eigenvalue weighted by Crippen LogP contribution is -2.43. The molecule has 1 rings (SSSR count). The van der Waals surface area contributed by atoms with Crippen molar-refractivity contribution in [3.8, 4) is 0 Å². The first kappa shape index (κ1) is 18.9. The highest BCUT2D eigenvalue weighted by Crippen LogP contribution is 2.13. The number of benzene rings is 1. The highest BCUT2D eigenvalue weighted by atomic mass is 32.2. The quantitative estimate of drug-likeness (QED) is 0.605. The predicted octanol–water partition coefficient (Wildman–Crippen LogP) is 0.668. The molecular formula is C14H20N2O6S. The normalized spacial score (nSPS) is 12.4. The molecule has 0 aliphatic heterocycles. The maximum Gasteiger partial charge on any atom is 0.328 e. The fraction of sp³-hybridized carbons (Fsp3) is 0.429. The van der Waals surface area contributed by atoms with Gasteiger partial charge in [-0.15, -0.1) is 0 Å². The molecule has 1 aromatic rings. The van der Waals surface area contributed by atoms with E-state index < -0.39 is 27.9 Å². The number of carboxylic acid groups (broad SMARTS) is 1. The molecule has 0 aliphatic carbocycles. The van der Waals surface area contributed by atoms with Gasteiger partial charge in [-0.1, -0.05) is 13.0 Å². The molecule has 0 saturated heterocycles. The van der Waals surface area contributed by atoms with Crippen molar-refractivity contribution >= 4 is 27.6 Å². The third-order valence-electron chi connectivity index (χ3n) is 2.81. The van der Waals surface area contributed by atoms with Gasteiger partial charge in [-0.2, -0.15) is 0 Å². The van der Waals surface area contributed by atoms with Gasteiger partial charge >= 0.3 is 5.97 Å². The lowest BCUT2D eigenvalue weighted by atomic mass is 10.2. The van der Waals surface area contributed by atoms with Crippen molar-refractivity contribution in [3.63, 3.8) is 0 Å². The number of carbonyl (C=O) groups excluding carboxylic acids is 1. The maximum absolute atomic E-state index is 12.1. The Hall–Kier alpha value is -2.13. The van der Waals surface area contributed by atoms with Gasteiger partial charge in [0.1, 0.15) is 0 Å². The largest absolute Gasteiger partial charge is 0.480 e. The highest BCUT2D eigenvalue weighted by molar-refractivity contribution is 7.92. The molecule has 0 bridgehead atoms. The number of sulfonamides is 1. The van der Waals surface area contributed by atoms with Crippen molar-refractivity contribution in [3.05, 3.63) is 29.8 Å². The van der Waals surface area contributed by atoms with E-state index in [1.54, 1.807) is 6.92 Å². The van der Waals surface area contributed by atoms with E-state index in [4.69, 9.17) is 9.84 Å². The summed E-state index contributed by atoms with van der Waals surface area (Å²) in [6.45, 7) is 1.56. The van der Waals surface area contributed by atoms with Crippen molar-refractivity contribution in [2.24, 2.45) is 0 Å². The molecule has 9 heteroatoms. The Balaban J connectivity index is 2.87. The summed E-state index contributed by atoms with van der Waals surface area (Å²) in [6, 6.07) is 4.62. The van der Waals surface area contributed by atoms with Gasteiger partial charge in [0.2, 0.25) is 10.0 Å². The first-order chi connectivity index (χ1) is 10.8. The SMILES string of the molecule is CCCS(=O)(=O)Nc1cccc(C(=O)NC(COC)C(=O)O)c1. The standard InChI is InChI=1S/C14H20N2O6S/c1-3-7-23(20,21)16-11-6-4-5-10(8-11)13(17)15-12(9-22-2)14(18)19/h4-6,8,12,16H,3,7,9H2,1-2H3,(H,15,17)(H,18,19). The summed E-state index contributed by atoms with van der Waals surface area (Å²) < 4.78 is 30.6. The minimum absolute atomic E-state index is 0.0294. The lowest BCUT2D eigenvalue weighted by Gasteiger charge is -2.14. The summed E-state index contributed by atoms with van der Waals surface area (Å²) >= 11 is 0. The molecular weight excluding hydrogens is 324 g/mol. The van der Waals surface area contributed by atoms with Gasteiger partial charge in [-0.3, -0.25) is 9.52 Å². The van der Waals surface area contributed by atoms with Gasteiger partial charge in [-0.25, -0.2) is 13.2 Å². The fourth-order valence-electron chi connectivity index (χ4n) is 1.81. The number of rotatable bonds is 9. The zero-order valence-electron chi connectivity index (χ0n) is 12.9. The Morgan fingerprint density at radius 1 is 1.35 bits per heavy atom. The fourth-order valence-corrected chi connectivity index (χ4v) is 2.93. The number of anilines is 1. The number of carboxylic acids is 1. The number of nitrogens with one attached hydrogen (secondary N) is 2. The number of hydrogen-bond donors (Lipinski definition) is 3. The third kappa shape index (κ3) is 6.25. The smallest absolute Gasteiger partial charge is 0.328 e. The van der Waals surface area contributed by atoms with Crippen LogP contribution in [0.5, 0.6) is 0 Å². The minimum atomic E-state index is -3.47. The molecule has 3 N–H and O–H groups in total. The van der Waals surface area contributed by atoms with Crippen LogP contribution in [0.15, 0.2) is 24.3 Å². The summed E-state index contributed by atoms with van der Waals surface area (Å²) in [6.07, 6.45) is 0.465. The van der Waals surface area contributed by atoms with Crippen LogP contribution in [0.1, 0.15) is 23.7 Å². The summed E-state index contributed by atoms with van der Waals surface area (Å²) in [4.78, 5) is 23.1. The van der Waals surface area contributed by atoms with E-state index in [1.807, 2.05) is 0 Å². The molecule has 1 unspecified atom stereocenters. The first-order valence-electron chi connectivity index (χ1n) is 6.92. The Morgan fingerprint density at radius 2 is 2.04 bits per heavy atom. The van der Waals surface area contributed by atoms with Gasteiger partial charge in [0.05, 0.1) is 12.4 Å². The van der Waals surface area contributed by atoms with Gasteiger partial charge in [-0.05, 0) is 24.6 Å². The number of aliphatic carboxylic acids is 1. The monoisotopic (exact) mass is 344 g/mol. The zero-order valence-corrected chi connectivity index (χ0v) is 13.7. The third-order valence-corrected chi connectivity index (χ3v) is 4.30. The second kappa shape index (κ2) is 8.49. The van der Waals surface area contributed by atoms with Crippen LogP contribution in [-0.4, -0.2) is 50.9 Å². The second-order valence-electron chi connectivity index (χ2n) is 4.82. The predicted molar refractivity (Wildman–Crippen MR) is 84.9 cm³/mol. The van der Waals surface area contributed by atoms with Crippen molar-refractivity contribution in [1.82, 2.24) is 5.32 Å². The van der Waals surface area contributed by atoms with Crippen molar-refractivity contribution < 1.29 is 27.9 Å². The molecule has 23 heavy (non-hydrogen) atoms.